The van der Waals surface area contributed by atoms with E-state index >= 15 is 0 Å². The van der Waals surface area contributed by atoms with Gasteiger partial charge in [-0.1, -0.05) is 31.2 Å². The summed E-state index contributed by atoms with van der Waals surface area (Å²) >= 11 is 1.67. The molecule has 1 aromatic carbocycles. The van der Waals surface area contributed by atoms with Crippen LogP contribution in [0, 0.1) is 5.92 Å². The minimum atomic E-state index is 0.179. The van der Waals surface area contributed by atoms with Crippen LogP contribution in [0.1, 0.15) is 39.0 Å². The summed E-state index contributed by atoms with van der Waals surface area (Å²) < 4.78 is 0. The summed E-state index contributed by atoms with van der Waals surface area (Å²) in [5.74, 6) is 0.525. The van der Waals surface area contributed by atoms with Crippen LogP contribution in [0.5, 0.6) is 0 Å². The van der Waals surface area contributed by atoms with E-state index in [2.05, 4.69) is 37.3 Å². The van der Waals surface area contributed by atoms with E-state index in [-0.39, 0.29) is 5.92 Å². The molecule has 1 atom stereocenters. The highest BCUT2D eigenvalue weighted by atomic mass is 32.1. The third-order valence-electron chi connectivity index (χ3n) is 3.97. The van der Waals surface area contributed by atoms with Crippen LogP contribution in [0.4, 0.5) is 0 Å². The smallest absolute Gasteiger partial charge is 0.176 e. The van der Waals surface area contributed by atoms with Gasteiger partial charge < -0.3 is 0 Å². The maximum atomic E-state index is 12.5. The molecule has 1 heterocycles. The van der Waals surface area contributed by atoms with E-state index in [1.807, 2.05) is 6.07 Å². The van der Waals surface area contributed by atoms with Crippen molar-refractivity contribution >= 4 is 17.1 Å². The monoisotopic (exact) mass is 270 g/mol. The van der Waals surface area contributed by atoms with Gasteiger partial charge in [-0.15, -0.1) is 11.3 Å². The first-order valence-electron chi connectivity index (χ1n) is 6.97. The van der Waals surface area contributed by atoms with Crippen LogP contribution in [-0.2, 0) is 19.3 Å². The third kappa shape index (κ3) is 2.50. The van der Waals surface area contributed by atoms with Crippen molar-refractivity contribution < 1.29 is 4.79 Å². The summed E-state index contributed by atoms with van der Waals surface area (Å²) in [5.41, 5.74) is 2.78. The van der Waals surface area contributed by atoms with E-state index in [0.29, 0.717) is 5.78 Å². The molecule has 0 fully saturated rings. The number of benzene rings is 1. The second-order valence-corrected chi connectivity index (χ2v) is 6.36. The Morgan fingerprint density at radius 2 is 2.00 bits per heavy atom. The van der Waals surface area contributed by atoms with Crippen LogP contribution < -0.4 is 0 Å². The van der Waals surface area contributed by atoms with E-state index in [1.165, 1.54) is 16.0 Å². The average Bonchev–Trinajstić information content (AvgIpc) is 2.95. The van der Waals surface area contributed by atoms with Gasteiger partial charge in [0.15, 0.2) is 5.78 Å². The Labute approximate surface area is 118 Å². The highest BCUT2D eigenvalue weighted by molar-refractivity contribution is 7.14. The third-order valence-corrected chi connectivity index (χ3v) is 5.21. The zero-order valence-corrected chi connectivity index (χ0v) is 12.0. The molecular formula is C17H18OS. The molecule has 1 nitrogen and oxygen atoms in total. The second kappa shape index (κ2) is 5.30. The number of fused-ring (bicyclic) bond motifs is 1. The van der Waals surface area contributed by atoms with Gasteiger partial charge in [-0.2, -0.15) is 0 Å². The number of rotatable bonds is 3. The van der Waals surface area contributed by atoms with Crippen LogP contribution in [0.2, 0.25) is 0 Å². The molecule has 3 rings (SSSR count). The Hall–Kier alpha value is -1.41. The molecule has 2 heteroatoms. The van der Waals surface area contributed by atoms with Crippen molar-refractivity contribution in [2.45, 2.75) is 32.6 Å². The summed E-state index contributed by atoms with van der Waals surface area (Å²) in [6.07, 6.45) is 3.97. The average molecular weight is 270 g/mol. The molecule has 1 unspecified atom stereocenters. The number of carbonyl (C=O) groups excluding carboxylic acids is 1. The minimum Gasteiger partial charge on any atom is -0.293 e. The standard InChI is InChI=1S/C17H18OS/c1-2-15-9-10-16(19-15)17(18)14-8-7-12-5-3-4-6-13(12)11-14/h3-6,9-10,14H,2,7-8,11H2,1H3. The fourth-order valence-electron chi connectivity index (χ4n) is 2.82. The first-order valence-corrected chi connectivity index (χ1v) is 7.79. The lowest BCUT2D eigenvalue weighted by Crippen LogP contribution is -2.22. The number of ketones is 1. The van der Waals surface area contributed by atoms with E-state index in [4.69, 9.17) is 0 Å². The van der Waals surface area contributed by atoms with Gasteiger partial charge >= 0.3 is 0 Å². The SMILES string of the molecule is CCc1ccc(C(=O)C2CCc3ccccc3C2)s1. The van der Waals surface area contributed by atoms with E-state index < -0.39 is 0 Å². The highest BCUT2D eigenvalue weighted by Crippen LogP contribution is 2.29. The molecule has 0 radical (unpaired) electrons. The number of thiophene rings is 1. The lowest BCUT2D eigenvalue weighted by atomic mass is 9.81. The van der Waals surface area contributed by atoms with Crippen molar-refractivity contribution in [1.82, 2.24) is 0 Å². The molecule has 0 saturated heterocycles. The quantitative estimate of drug-likeness (QED) is 0.760. The molecule has 0 spiro atoms. The maximum absolute atomic E-state index is 12.5. The lowest BCUT2D eigenvalue weighted by molar-refractivity contribution is 0.0913. The summed E-state index contributed by atoms with van der Waals surface area (Å²) in [6, 6.07) is 12.6. The van der Waals surface area contributed by atoms with Crippen LogP contribution in [0.15, 0.2) is 36.4 Å². The van der Waals surface area contributed by atoms with Crippen molar-refractivity contribution in [2.24, 2.45) is 5.92 Å². The fourth-order valence-corrected chi connectivity index (χ4v) is 3.79. The largest absolute Gasteiger partial charge is 0.293 e. The van der Waals surface area contributed by atoms with E-state index in [1.54, 1.807) is 11.3 Å². The molecule has 19 heavy (non-hydrogen) atoms. The molecule has 0 aliphatic heterocycles. The molecule has 1 aromatic heterocycles. The Kier molecular flexibility index (Phi) is 3.52. The number of Topliss-reactive ketones (excluding diaryl/α,β-unsaturated/α-hetero) is 1. The zero-order valence-electron chi connectivity index (χ0n) is 11.2. The maximum Gasteiger partial charge on any atom is 0.176 e. The number of aryl methyl sites for hydroxylation is 2. The Morgan fingerprint density at radius 3 is 2.74 bits per heavy atom. The molecule has 0 saturated carbocycles. The molecule has 98 valence electrons. The summed E-state index contributed by atoms with van der Waals surface area (Å²) in [7, 11) is 0. The number of hydrogen-bond acceptors (Lipinski definition) is 2. The van der Waals surface area contributed by atoms with Crippen LogP contribution in [-0.4, -0.2) is 5.78 Å². The van der Waals surface area contributed by atoms with Crippen molar-refractivity contribution in [2.75, 3.05) is 0 Å². The second-order valence-electron chi connectivity index (χ2n) is 5.19. The molecular weight excluding hydrogens is 252 g/mol. The first-order chi connectivity index (χ1) is 9.28. The van der Waals surface area contributed by atoms with Gasteiger partial charge in [-0.25, -0.2) is 0 Å². The van der Waals surface area contributed by atoms with Crippen molar-refractivity contribution in [3.8, 4) is 0 Å². The first kappa shape index (κ1) is 12.6. The summed E-state index contributed by atoms with van der Waals surface area (Å²) in [5, 5.41) is 0. The number of hydrogen-bond donors (Lipinski definition) is 0. The van der Waals surface area contributed by atoms with Gasteiger partial charge in [-0.05, 0) is 48.9 Å². The highest BCUT2D eigenvalue weighted by Gasteiger charge is 2.26. The molecule has 0 bridgehead atoms. The summed E-state index contributed by atoms with van der Waals surface area (Å²) in [4.78, 5) is 14.8. The Bertz CT molecular complexity index is 597. The van der Waals surface area contributed by atoms with Crippen molar-refractivity contribution in [1.29, 1.82) is 0 Å². The minimum absolute atomic E-state index is 0.179. The molecule has 0 amide bonds. The van der Waals surface area contributed by atoms with Gasteiger partial charge in [0, 0.05) is 10.8 Å². The van der Waals surface area contributed by atoms with Gasteiger partial charge in [0.25, 0.3) is 0 Å². The topological polar surface area (TPSA) is 17.1 Å². The zero-order chi connectivity index (χ0) is 13.2. The van der Waals surface area contributed by atoms with Crippen molar-refractivity contribution in [3.05, 3.63) is 57.3 Å². The molecule has 2 aromatic rings. The Balaban J connectivity index is 1.79. The summed E-state index contributed by atoms with van der Waals surface area (Å²) in [6.45, 7) is 2.14. The normalized spacial score (nSPS) is 18.1. The van der Waals surface area contributed by atoms with Crippen molar-refractivity contribution in [3.63, 3.8) is 0 Å². The molecule has 1 aliphatic carbocycles. The Morgan fingerprint density at radius 1 is 1.21 bits per heavy atom. The van der Waals surface area contributed by atoms with Gasteiger partial charge in [0.05, 0.1) is 4.88 Å². The predicted octanol–water partition coefficient (Wildman–Crippen LogP) is 4.30. The van der Waals surface area contributed by atoms with Gasteiger partial charge in [0.2, 0.25) is 0 Å². The number of carbonyl (C=O) groups is 1. The van der Waals surface area contributed by atoms with Gasteiger partial charge in [-0.3, -0.25) is 4.79 Å². The van der Waals surface area contributed by atoms with E-state index in [9.17, 15) is 4.79 Å². The lowest BCUT2D eigenvalue weighted by Gasteiger charge is -2.23. The van der Waals surface area contributed by atoms with Gasteiger partial charge in [0.1, 0.15) is 0 Å². The predicted molar refractivity (Wildman–Crippen MR) is 80.0 cm³/mol. The fraction of sp³-hybridized carbons (Fsp3) is 0.353. The van der Waals surface area contributed by atoms with Crippen LogP contribution in [0.25, 0.3) is 0 Å². The van der Waals surface area contributed by atoms with E-state index in [0.717, 1.165) is 30.6 Å². The molecule has 1 aliphatic rings. The van der Waals surface area contributed by atoms with Crippen LogP contribution >= 0.6 is 11.3 Å². The van der Waals surface area contributed by atoms with Crippen LogP contribution in [0.3, 0.4) is 0 Å². The molecule has 0 N–H and O–H groups in total.